The molecule has 2 heteroatoms. The van der Waals surface area contributed by atoms with Gasteiger partial charge in [0, 0.05) is 17.3 Å². The maximum atomic E-state index is 5.55. The Hall–Kier alpha value is -8.46. The molecule has 0 aliphatic heterocycles. The van der Waals surface area contributed by atoms with E-state index < -0.39 is 0 Å². The highest BCUT2D eigenvalue weighted by Crippen LogP contribution is 2.48. The zero-order valence-electron chi connectivity index (χ0n) is 38.7. The molecule has 10 aromatic carbocycles. The minimum absolute atomic E-state index is 0.849. The van der Waals surface area contributed by atoms with Gasteiger partial charge in [-0.1, -0.05) is 182 Å². The average molecular weight is 869 g/mol. The molecule has 0 unspecified atom stereocenters. The third-order valence-corrected chi connectivity index (χ3v) is 14.0. The van der Waals surface area contributed by atoms with Gasteiger partial charge in [-0.2, -0.15) is 0 Å². The fourth-order valence-electron chi connectivity index (χ4n) is 10.9. The van der Waals surface area contributed by atoms with Gasteiger partial charge in [0.25, 0.3) is 0 Å². The number of benzene rings is 10. The number of hydrogen-bond donors (Lipinski definition) is 0. The number of hydrogen-bond acceptors (Lipinski definition) is 2. The Bertz CT molecular complexity index is 3810. The van der Waals surface area contributed by atoms with E-state index in [1.807, 2.05) is 24.4 Å². The van der Waals surface area contributed by atoms with Gasteiger partial charge in [0.15, 0.2) is 0 Å². The van der Waals surface area contributed by atoms with E-state index in [-0.39, 0.29) is 0 Å². The number of rotatable bonds is 7. The van der Waals surface area contributed by atoms with Gasteiger partial charge in [-0.15, -0.1) is 0 Å². The molecule has 0 aliphatic rings. The van der Waals surface area contributed by atoms with Crippen molar-refractivity contribution in [2.24, 2.45) is 0 Å². The largest absolute Gasteiger partial charge is 0.255 e. The minimum Gasteiger partial charge on any atom is -0.255 e. The second-order valence-electron chi connectivity index (χ2n) is 18.2. The van der Waals surface area contributed by atoms with E-state index in [0.29, 0.717) is 0 Å². The molecule has 0 amide bonds. The lowest BCUT2D eigenvalue weighted by Gasteiger charge is -2.22. The van der Waals surface area contributed by atoms with Crippen LogP contribution in [0.1, 0.15) is 22.3 Å². The van der Waals surface area contributed by atoms with E-state index in [0.717, 1.165) is 28.2 Å². The quantitative estimate of drug-likeness (QED) is 0.149. The molecular weight excluding hydrogens is 821 g/mol. The van der Waals surface area contributed by atoms with Crippen molar-refractivity contribution in [3.8, 4) is 78.3 Å². The lowest BCUT2D eigenvalue weighted by molar-refractivity contribution is 1.24. The monoisotopic (exact) mass is 868 g/mol. The highest BCUT2D eigenvalue weighted by Gasteiger charge is 2.23. The molecule has 0 radical (unpaired) electrons. The lowest BCUT2D eigenvalue weighted by Crippen LogP contribution is -2.00. The predicted octanol–water partition coefficient (Wildman–Crippen LogP) is 18.0. The molecule has 0 aliphatic carbocycles. The van der Waals surface area contributed by atoms with Crippen molar-refractivity contribution < 1.29 is 0 Å². The van der Waals surface area contributed by atoms with Crippen LogP contribution < -0.4 is 0 Å². The van der Waals surface area contributed by atoms with E-state index >= 15 is 0 Å². The SMILES string of the molecule is Cc1cc(-c2c3ccccc3c(-c3ccccc3)c3ccccc23)c(C)cc1-c1ccc(-c2ccccn2)nc1-c1cc(C)c(-c2c3ccccc3c(-c3ccccc3)c3ccccc23)cc1C. The van der Waals surface area contributed by atoms with Crippen LogP contribution in [0.5, 0.6) is 0 Å². The fraction of sp³-hybridized carbons (Fsp3) is 0.0606. The third-order valence-electron chi connectivity index (χ3n) is 14.0. The van der Waals surface area contributed by atoms with Crippen molar-refractivity contribution in [2.75, 3.05) is 0 Å². The van der Waals surface area contributed by atoms with Crippen LogP contribution >= 0.6 is 0 Å². The number of aryl methyl sites for hydroxylation is 4. The Labute approximate surface area is 397 Å². The number of aromatic nitrogens is 2. The summed E-state index contributed by atoms with van der Waals surface area (Å²) < 4.78 is 0. The number of nitrogens with zero attached hydrogens (tertiary/aromatic N) is 2. The zero-order chi connectivity index (χ0) is 45.9. The Morgan fingerprint density at radius 2 is 0.618 bits per heavy atom. The van der Waals surface area contributed by atoms with Crippen molar-refractivity contribution in [3.05, 3.63) is 241 Å². The van der Waals surface area contributed by atoms with E-state index in [1.165, 1.54) is 115 Å². The predicted molar refractivity (Wildman–Crippen MR) is 289 cm³/mol. The molecule has 0 bridgehead atoms. The molecule has 0 atom stereocenters. The first-order valence-corrected chi connectivity index (χ1v) is 23.6. The first-order chi connectivity index (χ1) is 33.4. The summed E-state index contributed by atoms with van der Waals surface area (Å²) in [6.07, 6.45) is 1.85. The van der Waals surface area contributed by atoms with Crippen LogP contribution in [0.15, 0.2) is 219 Å². The van der Waals surface area contributed by atoms with Gasteiger partial charge in [-0.3, -0.25) is 4.98 Å². The maximum Gasteiger partial charge on any atom is 0.0894 e. The van der Waals surface area contributed by atoms with Gasteiger partial charge in [0.2, 0.25) is 0 Å². The summed E-state index contributed by atoms with van der Waals surface area (Å²) in [5.41, 5.74) is 20.8. The molecular formula is C66H48N2. The van der Waals surface area contributed by atoms with Crippen LogP contribution in [0.3, 0.4) is 0 Å². The fourth-order valence-corrected chi connectivity index (χ4v) is 10.9. The normalized spacial score (nSPS) is 11.5. The summed E-state index contributed by atoms with van der Waals surface area (Å²) in [6, 6.07) is 77.3. The van der Waals surface area contributed by atoms with Gasteiger partial charge in [-0.05, 0) is 173 Å². The minimum atomic E-state index is 0.849. The second-order valence-corrected chi connectivity index (χ2v) is 18.2. The van der Waals surface area contributed by atoms with Crippen LogP contribution in [0, 0.1) is 27.7 Å². The third kappa shape index (κ3) is 6.79. The molecule has 0 saturated heterocycles. The van der Waals surface area contributed by atoms with Gasteiger partial charge in [0.05, 0.1) is 17.1 Å². The molecule has 0 spiro atoms. The molecule has 2 heterocycles. The van der Waals surface area contributed by atoms with Gasteiger partial charge < -0.3 is 0 Å². The molecule has 0 saturated carbocycles. The van der Waals surface area contributed by atoms with Crippen LogP contribution in [0.2, 0.25) is 0 Å². The van der Waals surface area contributed by atoms with Crippen LogP contribution in [-0.4, -0.2) is 9.97 Å². The van der Waals surface area contributed by atoms with Crippen LogP contribution in [-0.2, 0) is 0 Å². The molecule has 0 N–H and O–H groups in total. The Balaban J connectivity index is 1.05. The van der Waals surface area contributed by atoms with Crippen LogP contribution in [0.25, 0.3) is 121 Å². The number of fused-ring (bicyclic) bond motifs is 4. The van der Waals surface area contributed by atoms with Crippen LogP contribution in [0.4, 0.5) is 0 Å². The highest BCUT2D eigenvalue weighted by molar-refractivity contribution is 6.23. The van der Waals surface area contributed by atoms with Crippen molar-refractivity contribution >= 4 is 43.1 Å². The lowest BCUT2D eigenvalue weighted by atomic mass is 9.82. The summed E-state index contributed by atoms with van der Waals surface area (Å²) in [4.78, 5) is 10.3. The average Bonchev–Trinajstić information content (AvgIpc) is 3.39. The van der Waals surface area contributed by atoms with E-state index in [4.69, 9.17) is 9.97 Å². The summed E-state index contributed by atoms with van der Waals surface area (Å²) in [5.74, 6) is 0. The highest BCUT2D eigenvalue weighted by atomic mass is 14.8. The molecule has 12 rings (SSSR count). The summed E-state index contributed by atoms with van der Waals surface area (Å²) in [7, 11) is 0. The van der Waals surface area contributed by atoms with Gasteiger partial charge in [0.1, 0.15) is 0 Å². The maximum absolute atomic E-state index is 5.55. The standard InChI is InChI=1S/C66H48N2/c1-41-38-57(64-51-29-15-11-25-47(51)62(45-21-7-5-8-22-45)48-26-12-16-30-52(48)64)42(2)37-56(41)55-34-35-61(60-33-19-20-36-67-60)68-66(55)59-40-43(3)58(39-44(59)4)65-53-31-17-13-27-49(53)63(46-23-9-6-10-24-46)50-28-14-18-32-54(50)65/h5-40H,1-4H3. The molecule has 68 heavy (non-hydrogen) atoms. The summed E-state index contributed by atoms with van der Waals surface area (Å²) >= 11 is 0. The van der Waals surface area contributed by atoms with Gasteiger partial charge >= 0.3 is 0 Å². The van der Waals surface area contributed by atoms with E-state index in [1.54, 1.807) is 0 Å². The molecule has 12 aromatic rings. The molecule has 0 fully saturated rings. The molecule has 2 aromatic heterocycles. The van der Waals surface area contributed by atoms with Gasteiger partial charge in [-0.25, -0.2) is 4.98 Å². The van der Waals surface area contributed by atoms with E-state index in [9.17, 15) is 0 Å². The second kappa shape index (κ2) is 16.8. The zero-order valence-corrected chi connectivity index (χ0v) is 38.7. The van der Waals surface area contributed by atoms with Crippen molar-refractivity contribution in [1.29, 1.82) is 0 Å². The number of pyridine rings is 2. The first-order valence-electron chi connectivity index (χ1n) is 23.6. The Morgan fingerprint density at radius 3 is 1.04 bits per heavy atom. The molecule has 2 nitrogen and oxygen atoms in total. The van der Waals surface area contributed by atoms with E-state index in [2.05, 4.69) is 222 Å². The summed E-state index contributed by atoms with van der Waals surface area (Å²) in [5, 5.41) is 10.0. The Morgan fingerprint density at radius 1 is 0.265 bits per heavy atom. The first kappa shape index (κ1) is 41.0. The van der Waals surface area contributed by atoms with Crippen molar-refractivity contribution in [3.63, 3.8) is 0 Å². The molecule has 322 valence electrons. The smallest absolute Gasteiger partial charge is 0.0894 e. The Kier molecular flexibility index (Phi) is 10.1. The van der Waals surface area contributed by atoms with Crippen molar-refractivity contribution in [2.45, 2.75) is 27.7 Å². The topological polar surface area (TPSA) is 25.8 Å². The summed E-state index contributed by atoms with van der Waals surface area (Å²) in [6.45, 7) is 9.03. The van der Waals surface area contributed by atoms with Crippen molar-refractivity contribution in [1.82, 2.24) is 9.97 Å².